The van der Waals surface area contributed by atoms with E-state index in [-0.39, 0.29) is 12.2 Å². The van der Waals surface area contributed by atoms with Gasteiger partial charge in [0.15, 0.2) is 11.6 Å². The Hall–Kier alpha value is -2.07. The summed E-state index contributed by atoms with van der Waals surface area (Å²) in [4.78, 5) is 0. The first-order chi connectivity index (χ1) is 10.2. The van der Waals surface area contributed by atoms with E-state index in [1.807, 2.05) is 18.2 Å². The standard InChI is InChI=1S/C17H17FO3/c1-20-16-4-2-3-13(17(16)18)10-14(19)11-5-6-15-12(9-11)7-8-21-15/h2-6,9,14,19H,7-8,10H2,1H3. The first kappa shape index (κ1) is 13.9. The maximum atomic E-state index is 14.1. The lowest BCUT2D eigenvalue weighted by Crippen LogP contribution is -2.05. The summed E-state index contributed by atoms with van der Waals surface area (Å²) < 4.78 is 24.5. The third kappa shape index (κ3) is 2.72. The van der Waals surface area contributed by atoms with Crippen molar-refractivity contribution < 1.29 is 19.0 Å². The lowest BCUT2D eigenvalue weighted by molar-refractivity contribution is 0.176. The first-order valence-electron chi connectivity index (χ1n) is 6.94. The number of aliphatic hydroxyl groups is 1. The van der Waals surface area contributed by atoms with E-state index >= 15 is 0 Å². The number of hydrogen-bond acceptors (Lipinski definition) is 3. The van der Waals surface area contributed by atoms with Gasteiger partial charge in [-0.05, 0) is 34.9 Å². The number of halogens is 1. The summed E-state index contributed by atoms with van der Waals surface area (Å²) in [5.41, 5.74) is 2.32. The SMILES string of the molecule is COc1cccc(CC(O)c2ccc3c(c2)CCO3)c1F. The Labute approximate surface area is 122 Å². The average Bonchev–Trinajstić information content (AvgIpc) is 2.96. The molecule has 1 heterocycles. The zero-order valence-corrected chi connectivity index (χ0v) is 11.8. The molecular weight excluding hydrogens is 271 g/mol. The summed E-state index contributed by atoms with van der Waals surface area (Å²) in [6, 6.07) is 10.6. The third-order valence-corrected chi connectivity index (χ3v) is 3.77. The van der Waals surface area contributed by atoms with Gasteiger partial charge in [-0.25, -0.2) is 4.39 Å². The van der Waals surface area contributed by atoms with Crippen LogP contribution in [0.5, 0.6) is 11.5 Å². The number of benzene rings is 2. The van der Waals surface area contributed by atoms with Gasteiger partial charge >= 0.3 is 0 Å². The normalized spacial score (nSPS) is 14.4. The third-order valence-electron chi connectivity index (χ3n) is 3.77. The number of fused-ring (bicyclic) bond motifs is 1. The van der Waals surface area contributed by atoms with Gasteiger partial charge in [0.1, 0.15) is 5.75 Å². The number of hydrogen-bond donors (Lipinski definition) is 1. The van der Waals surface area contributed by atoms with Crippen molar-refractivity contribution >= 4 is 0 Å². The first-order valence-corrected chi connectivity index (χ1v) is 6.94. The predicted molar refractivity (Wildman–Crippen MR) is 77.3 cm³/mol. The molecule has 0 saturated carbocycles. The molecule has 1 aliphatic rings. The van der Waals surface area contributed by atoms with E-state index in [2.05, 4.69) is 0 Å². The van der Waals surface area contributed by atoms with Crippen molar-refractivity contribution in [1.29, 1.82) is 0 Å². The molecular formula is C17H17FO3. The molecule has 0 aliphatic carbocycles. The highest BCUT2D eigenvalue weighted by Crippen LogP contribution is 2.30. The summed E-state index contributed by atoms with van der Waals surface area (Å²) >= 11 is 0. The Kier molecular flexibility index (Phi) is 3.80. The highest BCUT2D eigenvalue weighted by Gasteiger charge is 2.18. The van der Waals surface area contributed by atoms with Crippen LogP contribution in [0, 0.1) is 5.82 Å². The van der Waals surface area contributed by atoms with Gasteiger partial charge in [-0.2, -0.15) is 0 Å². The second-order valence-corrected chi connectivity index (χ2v) is 5.12. The van der Waals surface area contributed by atoms with Crippen LogP contribution in [0.4, 0.5) is 4.39 Å². The van der Waals surface area contributed by atoms with Crippen molar-refractivity contribution in [1.82, 2.24) is 0 Å². The van der Waals surface area contributed by atoms with Crippen LogP contribution in [0.2, 0.25) is 0 Å². The molecule has 1 N–H and O–H groups in total. The van der Waals surface area contributed by atoms with Crippen LogP contribution in [0.15, 0.2) is 36.4 Å². The summed E-state index contributed by atoms with van der Waals surface area (Å²) in [6.07, 6.45) is 0.309. The minimum Gasteiger partial charge on any atom is -0.494 e. The quantitative estimate of drug-likeness (QED) is 0.939. The Balaban J connectivity index is 1.82. The molecule has 2 aromatic carbocycles. The Morgan fingerprint density at radius 1 is 1.33 bits per heavy atom. The fraction of sp³-hybridized carbons (Fsp3) is 0.294. The lowest BCUT2D eigenvalue weighted by atomic mass is 9.98. The molecule has 3 nitrogen and oxygen atoms in total. The van der Waals surface area contributed by atoms with E-state index in [9.17, 15) is 9.50 Å². The highest BCUT2D eigenvalue weighted by atomic mass is 19.1. The van der Waals surface area contributed by atoms with E-state index in [4.69, 9.17) is 9.47 Å². The second-order valence-electron chi connectivity index (χ2n) is 5.12. The monoisotopic (exact) mass is 288 g/mol. The molecule has 0 aromatic heterocycles. The van der Waals surface area contributed by atoms with Gasteiger partial charge in [-0.15, -0.1) is 0 Å². The van der Waals surface area contributed by atoms with Gasteiger partial charge in [0.2, 0.25) is 0 Å². The molecule has 4 heteroatoms. The predicted octanol–water partition coefficient (Wildman–Crippen LogP) is 3.05. The molecule has 3 rings (SSSR count). The van der Waals surface area contributed by atoms with Crippen LogP contribution in [0.25, 0.3) is 0 Å². The average molecular weight is 288 g/mol. The van der Waals surface area contributed by atoms with Crippen molar-refractivity contribution in [3.05, 3.63) is 58.9 Å². The van der Waals surface area contributed by atoms with Crippen molar-refractivity contribution in [3.63, 3.8) is 0 Å². The molecule has 0 saturated heterocycles. The Bertz CT molecular complexity index is 654. The molecule has 1 aliphatic heterocycles. The number of rotatable bonds is 4. The lowest BCUT2D eigenvalue weighted by Gasteiger charge is -2.14. The van der Waals surface area contributed by atoms with Gasteiger partial charge in [0.05, 0.1) is 19.8 Å². The zero-order valence-electron chi connectivity index (χ0n) is 11.8. The molecule has 0 radical (unpaired) electrons. The van der Waals surface area contributed by atoms with E-state index in [1.54, 1.807) is 18.2 Å². The second kappa shape index (κ2) is 5.74. The molecule has 21 heavy (non-hydrogen) atoms. The van der Waals surface area contributed by atoms with Gasteiger partial charge in [0.25, 0.3) is 0 Å². The summed E-state index contributed by atoms with van der Waals surface area (Å²) in [5.74, 6) is 0.657. The molecule has 0 spiro atoms. The number of aliphatic hydroxyl groups excluding tert-OH is 1. The molecule has 2 aromatic rings. The fourth-order valence-corrected chi connectivity index (χ4v) is 2.61. The molecule has 0 fully saturated rings. The fourth-order valence-electron chi connectivity index (χ4n) is 2.61. The minimum atomic E-state index is -0.752. The molecule has 0 bridgehead atoms. The molecule has 0 amide bonds. The van der Waals surface area contributed by atoms with Crippen molar-refractivity contribution in [3.8, 4) is 11.5 Å². The van der Waals surface area contributed by atoms with Crippen molar-refractivity contribution in [2.75, 3.05) is 13.7 Å². The van der Waals surface area contributed by atoms with Crippen molar-refractivity contribution in [2.24, 2.45) is 0 Å². The van der Waals surface area contributed by atoms with E-state index in [0.29, 0.717) is 12.2 Å². The zero-order chi connectivity index (χ0) is 14.8. The topological polar surface area (TPSA) is 38.7 Å². The summed E-state index contributed by atoms with van der Waals surface area (Å²) in [7, 11) is 1.43. The van der Waals surface area contributed by atoms with Gasteiger partial charge in [-0.3, -0.25) is 0 Å². The van der Waals surface area contributed by atoms with Crippen LogP contribution in [0.3, 0.4) is 0 Å². The largest absolute Gasteiger partial charge is 0.494 e. The molecule has 110 valence electrons. The minimum absolute atomic E-state index is 0.196. The maximum Gasteiger partial charge on any atom is 0.168 e. The summed E-state index contributed by atoms with van der Waals surface area (Å²) in [6.45, 7) is 0.680. The molecule has 1 atom stereocenters. The smallest absolute Gasteiger partial charge is 0.168 e. The summed E-state index contributed by atoms with van der Waals surface area (Å²) in [5, 5.41) is 10.3. The van der Waals surface area contributed by atoms with E-state index in [0.717, 1.165) is 23.3 Å². The Morgan fingerprint density at radius 2 is 2.19 bits per heavy atom. The van der Waals surface area contributed by atoms with E-state index in [1.165, 1.54) is 7.11 Å². The van der Waals surface area contributed by atoms with Gasteiger partial charge in [0, 0.05) is 12.8 Å². The van der Waals surface area contributed by atoms with Crippen LogP contribution in [0.1, 0.15) is 22.8 Å². The van der Waals surface area contributed by atoms with Crippen molar-refractivity contribution in [2.45, 2.75) is 18.9 Å². The highest BCUT2D eigenvalue weighted by molar-refractivity contribution is 5.41. The molecule has 1 unspecified atom stereocenters. The van der Waals surface area contributed by atoms with Gasteiger partial charge < -0.3 is 14.6 Å². The van der Waals surface area contributed by atoms with E-state index < -0.39 is 11.9 Å². The number of methoxy groups -OCH3 is 1. The van der Waals surface area contributed by atoms with Crippen LogP contribution < -0.4 is 9.47 Å². The maximum absolute atomic E-state index is 14.1. The number of ether oxygens (including phenoxy) is 2. The van der Waals surface area contributed by atoms with Gasteiger partial charge in [-0.1, -0.05) is 18.2 Å². The Morgan fingerprint density at radius 3 is 3.00 bits per heavy atom. The van der Waals surface area contributed by atoms with Crippen LogP contribution in [-0.2, 0) is 12.8 Å². The van der Waals surface area contributed by atoms with Crippen LogP contribution in [-0.4, -0.2) is 18.8 Å². The van der Waals surface area contributed by atoms with Crippen LogP contribution >= 0.6 is 0 Å².